The van der Waals surface area contributed by atoms with Gasteiger partial charge in [0.25, 0.3) is 10.0 Å². The number of ether oxygens (including phenoxy) is 1. The second-order valence-corrected chi connectivity index (χ2v) is 12.7. The lowest BCUT2D eigenvalue weighted by atomic mass is 10.1. The molecule has 0 aliphatic rings. The molecule has 0 aromatic heterocycles. The van der Waals surface area contributed by atoms with E-state index in [9.17, 15) is 18.0 Å². The van der Waals surface area contributed by atoms with Crippen LogP contribution in [0.5, 0.6) is 5.75 Å². The van der Waals surface area contributed by atoms with Crippen molar-refractivity contribution in [2.45, 2.75) is 50.6 Å². The number of carbonyl (C=O) groups excluding carboxylic acids is 2. The number of nitrogens with one attached hydrogen (secondary N) is 1. The predicted octanol–water partition coefficient (Wildman–Crippen LogP) is 4.92. The number of carbonyl (C=O) groups is 2. The molecule has 40 heavy (non-hydrogen) atoms. The van der Waals surface area contributed by atoms with Gasteiger partial charge in [-0.25, -0.2) is 8.42 Å². The van der Waals surface area contributed by atoms with E-state index < -0.39 is 34.1 Å². The first-order chi connectivity index (χ1) is 18.8. The summed E-state index contributed by atoms with van der Waals surface area (Å²) in [6.45, 7) is 6.90. The van der Waals surface area contributed by atoms with Crippen molar-refractivity contribution in [3.63, 3.8) is 0 Å². The molecule has 8 nitrogen and oxygen atoms in total. The molecule has 1 atom stereocenters. The van der Waals surface area contributed by atoms with E-state index in [-0.39, 0.29) is 23.0 Å². The van der Waals surface area contributed by atoms with Crippen LogP contribution in [0.25, 0.3) is 0 Å². The van der Waals surface area contributed by atoms with E-state index in [2.05, 4.69) is 5.32 Å². The van der Waals surface area contributed by atoms with E-state index in [1.165, 1.54) is 42.3 Å². The molecule has 3 aromatic carbocycles. The minimum Gasteiger partial charge on any atom is -0.497 e. The third kappa shape index (κ3) is 8.22. The minimum absolute atomic E-state index is 0.0181. The van der Waals surface area contributed by atoms with Crippen molar-refractivity contribution in [2.24, 2.45) is 0 Å². The van der Waals surface area contributed by atoms with Gasteiger partial charge in [0.1, 0.15) is 18.3 Å². The summed E-state index contributed by atoms with van der Waals surface area (Å²) in [6, 6.07) is 20.9. The van der Waals surface area contributed by atoms with Crippen molar-refractivity contribution in [2.75, 3.05) is 24.5 Å². The number of hydrogen-bond donors (Lipinski definition) is 1. The molecule has 10 heteroatoms. The number of rotatable bonds is 11. The SMILES string of the molecule is COc1ccc(S(=O)(=O)N(CC(=O)N(CCc2ccccc2)[C@H](C)C(=O)NC(C)(C)C)c2cccc(Cl)c2)cc1. The topological polar surface area (TPSA) is 96.0 Å². The monoisotopic (exact) mass is 585 g/mol. The Labute approximate surface area is 241 Å². The molecule has 214 valence electrons. The Morgan fingerprint density at radius 1 is 0.975 bits per heavy atom. The van der Waals surface area contributed by atoms with Crippen molar-refractivity contribution in [3.8, 4) is 5.75 Å². The molecular formula is C30H36ClN3O5S. The highest BCUT2D eigenvalue weighted by Gasteiger charge is 2.33. The largest absolute Gasteiger partial charge is 0.497 e. The first-order valence-electron chi connectivity index (χ1n) is 12.9. The van der Waals surface area contributed by atoms with Crippen molar-refractivity contribution in [1.82, 2.24) is 10.2 Å². The van der Waals surface area contributed by atoms with E-state index >= 15 is 0 Å². The van der Waals surface area contributed by atoms with E-state index in [0.29, 0.717) is 17.2 Å². The average molecular weight is 586 g/mol. The van der Waals surface area contributed by atoms with Crippen LogP contribution in [0.3, 0.4) is 0 Å². The highest BCUT2D eigenvalue weighted by atomic mass is 35.5. The van der Waals surface area contributed by atoms with Gasteiger partial charge in [-0.1, -0.05) is 48.0 Å². The zero-order valence-electron chi connectivity index (χ0n) is 23.4. The fourth-order valence-electron chi connectivity index (χ4n) is 4.08. The number of halogens is 1. The van der Waals surface area contributed by atoms with Gasteiger partial charge in [0.15, 0.2) is 0 Å². The summed E-state index contributed by atoms with van der Waals surface area (Å²) in [4.78, 5) is 28.4. The minimum atomic E-state index is -4.20. The summed E-state index contributed by atoms with van der Waals surface area (Å²) in [6.07, 6.45) is 0.488. The van der Waals surface area contributed by atoms with Crippen LogP contribution in [0, 0.1) is 0 Å². The molecule has 0 aliphatic heterocycles. The number of methoxy groups -OCH3 is 1. The number of benzene rings is 3. The maximum Gasteiger partial charge on any atom is 0.264 e. The summed E-state index contributed by atoms with van der Waals surface area (Å²) < 4.78 is 33.9. The molecule has 2 amide bonds. The van der Waals surface area contributed by atoms with Crippen LogP contribution in [0.2, 0.25) is 5.02 Å². The summed E-state index contributed by atoms with van der Waals surface area (Å²) in [7, 11) is -2.71. The molecule has 0 saturated carbocycles. The van der Waals surface area contributed by atoms with Gasteiger partial charge in [-0.2, -0.15) is 0 Å². The first kappa shape index (κ1) is 31.0. The Morgan fingerprint density at radius 3 is 2.20 bits per heavy atom. The normalized spacial score (nSPS) is 12.3. The van der Waals surface area contributed by atoms with Crippen LogP contribution >= 0.6 is 11.6 Å². The number of sulfonamides is 1. The second-order valence-electron chi connectivity index (χ2n) is 10.4. The van der Waals surface area contributed by atoms with Gasteiger partial charge in [0.05, 0.1) is 17.7 Å². The molecule has 0 bridgehead atoms. The first-order valence-corrected chi connectivity index (χ1v) is 14.7. The van der Waals surface area contributed by atoms with Crippen LogP contribution < -0.4 is 14.4 Å². The Hall–Kier alpha value is -3.56. The molecule has 0 spiro atoms. The number of anilines is 1. The number of amides is 2. The van der Waals surface area contributed by atoms with Crippen molar-refractivity contribution < 1.29 is 22.7 Å². The summed E-state index contributed by atoms with van der Waals surface area (Å²) in [5.74, 6) is -0.360. The van der Waals surface area contributed by atoms with Crippen LogP contribution in [0.4, 0.5) is 5.69 Å². The molecule has 1 N–H and O–H groups in total. The Kier molecular flexibility index (Phi) is 10.2. The maximum atomic E-state index is 13.9. The third-order valence-electron chi connectivity index (χ3n) is 6.17. The van der Waals surface area contributed by atoms with Gasteiger partial charge < -0.3 is 15.0 Å². The predicted molar refractivity (Wildman–Crippen MR) is 158 cm³/mol. The van der Waals surface area contributed by atoms with Gasteiger partial charge >= 0.3 is 0 Å². The number of hydrogen-bond acceptors (Lipinski definition) is 5. The molecule has 0 heterocycles. The molecule has 3 rings (SSSR count). The zero-order valence-corrected chi connectivity index (χ0v) is 25.0. The lowest BCUT2D eigenvalue weighted by Gasteiger charge is -2.33. The summed E-state index contributed by atoms with van der Waals surface area (Å²) >= 11 is 6.21. The zero-order chi connectivity index (χ0) is 29.5. The lowest BCUT2D eigenvalue weighted by Crippen LogP contribution is -2.55. The Balaban J connectivity index is 1.99. The molecule has 0 saturated heterocycles. The average Bonchev–Trinajstić information content (AvgIpc) is 2.91. The summed E-state index contributed by atoms with van der Waals surface area (Å²) in [5.41, 5.74) is 0.706. The Morgan fingerprint density at radius 2 is 1.62 bits per heavy atom. The summed E-state index contributed by atoms with van der Waals surface area (Å²) in [5, 5.41) is 3.24. The van der Waals surface area contributed by atoms with E-state index in [0.717, 1.165) is 9.87 Å². The van der Waals surface area contributed by atoms with Crippen LogP contribution in [-0.4, -0.2) is 56.9 Å². The Bertz CT molecular complexity index is 1410. The smallest absolute Gasteiger partial charge is 0.264 e. The highest BCUT2D eigenvalue weighted by Crippen LogP contribution is 2.27. The van der Waals surface area contributed by atoms with Gasteiger partial charge in [0, 0.05) is 17.1 Å². The fraction of sp³-hybridized carbons (Fsp3) is 0.333. The third-order valence-corrected chi connectivity index (χ3v) is 8.20. The fourth-order valence-corrected chi connectivity index (χ4v) is 5.67. The molecule has 0 fully saturated rings. The van der Waals surface area contributed by atoms with E-state index in [1.54, 1.807) is 25.1 Å². The van der Waals surface area contributed by atoms with E-state index in [4.69, 9.17) is 16.3 Å². The van der Waals surface area contributed by atoms with E-state index in [1.807, 2.05) is 51.1 Å². The molecule has 0 aliphatic carbocycles. The van der Waals surface area contributed by atoms with Crippen LogP contribution in [0.15, 0.2) is 83.8 Å². The highest BCUT2D eigenvalue weighted by molar-refractivity contribution is 7.92. The lowest BCUT2D eigenvalue weighted by molar-refractivity contribution is -0.139. The quantitative estimate of drug-likeness (QED) is 0.345. The van der Waals surface area contributed by atoms with Crippen molar-refractivity contribution >= 4 is 39.1 Å². The van der Waals surface area contributed by atoms with Gasteiger partial charge in [0.2, 0.25) is 11.8 Å². The molecular weight excluding hydrogens is 550 g/mol. The van der Waals surface area contributed by atoms with Crippen molar-refractivity contribution in [3.05, 3.63) is 89.4 Å². The molecule has 3 aromatic rings. The van der Waals surface area contributed by atoms with Crippen molar-refractivity contribution in [1.29, 1.82) is 0 Å². The molecule has 0 unspecified atom stereocenters. The van der Waals surface area contributed by atoms with Crippen LogP contribution in [-0.2, 0) is 26.0 Å². The van der Waals surface area contributed by atoms with Gasteiger partial charge in [-0.15, -0.1) is 0 Å². The molecule has 0 radical (unpaired) electrons. The standard InChI is InChI=1S/C30H36ClN3O5S/c1-22(29(36)32-30(2,3)4)33(19-18-23-10-7-6-8-11-23)28(35)21-34(25-13-9-12-24(31)20-25)40(37,38)27-16-14-26(39-5)15-17-27/h6-17,20,22H,18-19,21H2,1-5H3,(H,32,36)/t22-/m1/s1. The van der Waals surface area contributed by atoms with Gasteiger partial charge in [-0.3, -0.25) is 13.9 Å². The second kappa shape index (κ2) is 13.2. The van der Waals surface area contributed by atoms with Gasteiger partial charge in [-0.05, 0) is 82.1 Å². The maximum absolute atomic E-state index is 13.9. The van der Waals surface area contributed by atoms with Crippen LogP contribution in [0.1, 0.15) is 33.3 Å². The number of nitrogens with zero attached hydrogens (tertiary/aromatic N) is 2.